The Bertz CT molecular complexity index is 802. The monoisotopic (exact) mass is 354 g/mol. The Kier molecular flexibility index (Phi) is 4.76. The molecule has 3 nitrogen and oxygen atoms in total. The number of rotatable bonds is 4. The van der Waals surface area contributed by atoms with Gasteiger partial charge in [-0.3, -0.25) is 9.69 Å². The van der Waals surface area contributed by atoms with Crippen molar-refractivity contribution in [3.8, 4) is 0 Å². The molecule has 1 aromatic carbocycles. The Balaban J connectivity index is 1.63. The van der Waals surface area contributed by atoms with Crippen molar-refractivity contribution in [2.45, 2.75) is 51.5 Å². The van der Waals surface area contributed by atoms with Crippen molar-refractivity contribution in [1.29, 1.82) is 0 Å². The van der Waals surface area contributed by atoms with E-state index in [0.29, 0.717) is 6.54 Å². The van der Waals surface area contributed by atoms with Crippen LogP contribution >= 0.6 is 11.6 Å². The average molecular weight is 355 g/mol. The number of benzene rings is 1. The van der Waals surface area contributed by atoms with Crippen molar-refractivity contribution in [2.75, 3.05) is 10.8 Å². The minimum Gasteiger partial charge on any atom is -0.291 e. The molecule has 0 N–H and O–H groups in total. The second-order valence-electron chi connectivity index (χ2n) is 7.05. The molecule has 2 aliphatic rings. The molecular formula is C21H23ClN2O. The van der Waals surface area contributed by atoms with Gasteiger partial charge in [-0.05, 0) is 73.3 Å². The molecule has 0 saturated heterocycles. The van der Waals surface area contributed by atoms with Gasteiger partial charge in [0.05, 0.1) is 6.54 Å². The van der Waals surface area contributed by atoms with Crippen molar-refractivity contribution in [1.82, 2.24) is 4.98 Å². The number of aryl methyl sites for hydroxylation is 4. The molecule has 4 rings (SSSR count). The van der Waals surface area contributed by atoms with E-state index >= 15 is 0 Å². The Morgan fingerprint density at radius 1 is 0.960 bits per heavy atom. The van der Waals surface area contributed by atoms with Crippen molar-refractivity contribution in [3.05, 3.63) is 58.3 Å². The molecule has 25 heavy (non-hydrogen) atoms. The van der Waals surface area contributed by atoms with Crippen molar-refractivity contribution in [2.24, 2.45) is 0 Å². The Hall–Kier alpha value is -1.87. The molecule has 1 amide bonds. The number of aromatic nitrogens is 1. The summed E-state index contributed by atoms with van der Waals surface area (Å²) < 4.78 is 0. The predicted octanol–water partition coefficient (Wildman–Crippen LogP) is 4.22. The minimum absolute atomic E-state index is 0.0241. The highest BCUT2D eigenvalue weighted by Crippen LogP contribution is 2.26. The first-order chi connectivity index (χ1) is 12.2. The Morgan fingerprint density at radius 2 is 1.72 bits per heavy atom. The SMILES string of the molecule is O=C(CCl)N(Cc1ccc2c(c1)CCC2)c1ccc2c(n1)CCCC2. The van der Waals surface area contributed by atoms with Gasteiger partial charge in [-0.25, -0.2) is 4.98 Å². The first-order valence-corrected chi connectivity index (χ1v) is 9.74. The Morgan fingerprint density at radius 3 is 2.60 bits per heavy atom. The van der Waals surface area contributed by atoms with Gasteiger partial charge in [-0.1, -0.05) is 24.3 Å². The number of amides is 1. The normalized spacial score (nSPS) is 15.6. The van der Waals surface area contributed by atoms with E-state index in [1.54, 1.807) is 4.90 Å². The van der Waals surface area contributed by atoms with Crippen LogP contribution in [0.4, 0.5) is 5.82 Å². The second kappa shape index (κ2) is 7.17. The summed E-state index contributed by atoms with van der Waals surface area (Å²) >= 11 is 5.88. The predicted molar refractivity (Wildman–Crippen MR) is 101 cm³/mol. The number of carbonyl (C=O) groups is 1. The first-order valence-electron chi connectivity index (χ1n) is 9.20. The third-order valence-electron chi connectivity index (χ3n) is 5.36. The smallest absolute Gasteiger partial charge is 0.243 e. The molecule has 1 heterocycles. The van der Waals surface area contributed by atoms with E-state index in [2.05, 4.69) is 24.3 Å². The van der Waals surface area contributed by atoms with Gasteiger partial charge in [-0.2, -0.15) is 0 Å². The van der Waals surface area contributed by atoms with Gasteiger partial charge in [0.2, 0.25) is 5.91 Å². The molecule has 0 atom stereocenters. The zero-order valence-electron chi connectivity index (χ0n) is 14.4. The molecule has 2 aromatic rings. The highest BCUT2D eigenvalue weighted by atomic mass is 35.5. The molecule has 0 aliphatic heterocycles. The number of hydrogen-bond acceptors (Lipinski definition) is 2. The van der Waals surface area contributed by atoms with E-state index in [1.165, 1.54) is 42.4 Å². The van der Waals surface area contributed by atoms with Crippen LogP contribution in [0.2, 0.25) is 0 Å². The molecule has 1 aromatic heterocycles. The molecule has 130 valence electrons. The van der Waals surface area contributed by atoms with Gasteiger partial charge < -0.3 is 0 Å². The number of fused-ring (bicyclic) bond motifs is 2. The molecule has 0 bridgehead atoms. The third-order valence-corrected chi connectivity index (χ3v) is 5.59. The largest absolute Gasteiger partial charge is 0.291 e. The number of alkyl halides is 1. The van der Waals surface area contributed by atoms with Gasteiger partial charge >= 0.3 is 0 Å². The number of halogens is 1. The van der Waals surface area contributed by atoms with Crippen LogP contribution in [0.15, 0.2) is 30.3 Å². The summed E-state index contributed by atoms with van der Waals surface area (Å²) in [7, 11) is 0. The van der Waals surface area contributed by atoms with Crippen molar-refractivity contribution >= 4 is 23.3 Å². The van der Waals surface area contributed by atoms with E-state index in [4.69, 9.17) is 16.6 Å². The van der Waals surface area contributed by atoms with Crippen LogP contribution in [0, 0.1) is 0 Å². The highest BCUT2D eigenvalue weighted by Gasteiger charge is 2.20. The van der Waals surface area contributed by atoms with E-state index < -0.39 is 0 Å². The van der Waals surface area contributed by atoms with Crippen LogP contribution in [0.3, 0.4) is 0 Å². The summed E-state index contributed by atoms with van der Waals surface area (Å²) in [4.78, 5) is 19.0. The lowest BCUT2D eigenvalue weighted by molar-refractivity contribution is -0.116. The zero-order valence-corrected chi connectivity index (χ0v) is 15.2. The van der Waals surface area contributed by atoms with E-state index in [9.17, 15) is 4.79 Å². The number of nitrogens with zero attached hydrogens (tertiary/aromatic N) is 2. The summed E-state index contributed by atoms with van der Waals surface area (Å²) in [5.41, 5.74) is 6.49. The van der Waals surface area contributed by atoms with Gasteiger partial charge in [0.25, 0.3) is 0 Å². The molecule has 0 saturated carbocycles. The lowest BCUT2D eigenvalue weighted by atomic mass is 9.96. The quantitative estimate of drug-likeness (QED) is 0.770. The maximum atomic E-state index is 12.5. The average Bonchev–Trinajstić information content (AvgIpc) is 3.13. The van der Waals surface area contributed by atoms with E-state index in [-0.39, 0.29) is 11.8 Å². The molecule has 0 radical (unpaired) electrons. The fourth-order valence-electron chi connectivity index (χ4n) is 4.00. The van der Waals surface area contributed by atoms with Crippen LogP contribution in [-0.4, -0.2) is 16.8 Å². The van der Waals surface area contributed by atoms with Crippen LogP contribution < -0.4 is 4.90 Å². The molecular weight excluding hydrogens is 332 g/mol. The van der Waals surface area contributed by atoms with Crippen molar-refractivity contribution < 1.29 is 4.79 Å². The lowest BCUT2D eigenvalue weighted by Crippen LogP contribution is -2.32. The summed E-state index contributed by atoms with van der Waals surface area (Å²) in [6.07, 6.45) is 8.05. The number of pyridine rings is 1. The van der Waals surface area contributed by atoms with Gasteiger partial charge in [-0.15, -0.1) is 11.6 Å². The van der Waals surface area contributed by atoms with Crippen LogP contribution in [0.1, 0.15) is 47.2 Å². The minimum atomic E-state index is -0.0922. The molecule has 0 spiro atoms. The zero-order chi connectivity index (χ0) is 17.2. The summed E-state index contributed by atoms with van der Waals surface area (Å²) in [5, 5.41) is 0. The molecule has 4 heteroatoms. The number of anilines is 1. The summed E-state index contributed by atoms with van der Waals surface area (Å²) in [6, 6.07) is 10.7. The standard InChI is InChI=1S/C21H23ClN2O/c22-13-21(25)24(14-15-8-9-16-5-3-6-18(16)12-15)20-11-10-17-4-1-2-7-19(17)23-20/h8-12H,1-7,13-14H2. The molecule has 0 fully saturated rings. The maximum Gasteiger partial charge on any atom is 0.243 e. The summed E-state index contributed by atoms with van der Waals surface area (Å²) in [6.45, 7) is 0.532. The Labute approximate surface area is 154 Å². The van der Waals surface area contributed by atoms with E-state index in [0.717, 1.165) is 36.3 Å². The molecule has 2 aliphatic carbocycles. The van der Waals surface area contributed by atoms with Crippen LogP contribution in [-0.2, 0) is 37.0 Å². The van der Waals surface area contributed by atoms with Crippen LogP contribution in [0.5, 0.6) is 0 Å². The fourth-order valence-corrected chi connectivity index (χ4v) is 4.14. The summed E-state index contributed by atoms with van der Waals surface area (Å²) in [5.74, 6) is 0.612. The number of carbonyl (C=O) groups excluding carboxylic acids is 1. The maximum absolute atomic E-state index is 12.5. The van der Waals surface area contributed by atoms with E-state index in [1.807, 2.05) is 6.07 Å². The second-order valence-corrected chi connectivity index (χ2v) is 7.32. The first kappa shape index (κ1) is 16.6. The molecule has 0 unspecified atom stereocenters. The number of hydrogen-bond donors (Lipinski definition) is 0. The lowest BCUT2D eigenvalue weighted by Gasteiger charge is -2.24. The van der Waals surface area contributed by atoms with Gasteiger partial charge in [0, 0.05) is 5.69 Å². The topological polar surface area (TPSA) is 33.2 Å². The third kappa shape index (κ3) is 3.43. The van der Waals surface area contributed by atoms with Crippen LogP contribution in [0.25, 0.3) is 0 Å². The van der Waals surface area contributed by atoms with Crippen molar-refractivity contribution in [3.63, 3.8) is 0 Å². The fraction of sp³-hybridized carbons (Fsp3) is 0.429. The van der Waals surface area contributed by atoms with Gasteiger partial charge in [0.15, 0.2) is 0 Å². The van der Waals surface area contributed by atoms with Gasteiger partial charge in [0.1, 0.15) is 11.7 Å². The highest BCUT2D eigenvalue weighted by molar-refractivity contribution is 6.29.